The predicted molar refractivity (Wildman–Crippen MR) is 43.3 cm³/mol. The Balaban J connectivity index is 2.05. The van der Waals surface area contributed by atoms with Crippen LogP contribution in [0.5, 0.6) is 0 Å². The van der Waals surface area contributed by atoms with Crippen molar-refractivity contribution in [1.82, 2.24) is 0 Å². The van der Waals surface area contributed by atoms with Crippen LogP contribution < -0.4 is 0 Å². The molecule has 0 aromatic carbocycles. The van der Waals surface area contributed by atoms with Crippen LogP contribution in [0.3, 0.4) is 0 Å². The summed E-state index contributed by atoms with van der Waals surface area (Å²) in [5.74, 6) is 1.89. The summed E-state index contributed by atoms with van der Waals surface area (Å²) < 4.78 is 5.71. The molecule has 1 heteroatoms. The van der Waals surface area contributed by atoms with Crippen LogP contribution in [0.2, 0.25) is 0 Å². The fraction of sp³-hybridized carbons (Fsp3) is 1.00. The van der Waals surface area contributed by atoms with Gasteiger partial charge in [-0.15, -0.1) is 0 Å². The van der Waals surface area contributed by atoms with Crippen molar-refractivity contribution in [3.05, 3.63) is 0 Å². The van der Waals surface area contributed by atoms with Crippen LogP contribution in [0.15, 0.2) is 0 Å². The number of rotatable bonds is 0. The van der Waals surface area contributed by atoms with E-state index in [9.17, 15) is 0 Å². The number of ether oxygens (including phenoxy) is 1. The molecule has 0 N–H and O–H groups in total. The summed E-state index contributed by atoms with van der Waals surface area (Å²) in [7, 11) is 0. The van der Waals surface area contributed by atoms with E-state index in [4.69, 9.17) is 4.74 Å². The van der Waals surface area contributed by atoms with Gasteiger partial charge in [-0.3, -0.25) is 0 Å². The van der Waals surface area contributed by atoms with Crippen molar-refractivity contribution in [1.29, 1.82) is 0 Å². The molecule has 62 valence electrons. The molecule has 3 fully saturated rings. The second kappa shape index (κ2) is 1.52. The molecule has 0 unspecified atom stereocenters. The van der Waals surface area contributed by atoms with E-state index in [1.54, 1.807) is 0 Å². The highest BCUT2D eigenvalue weighted by molar-refractivity contribution is 5.18. The van der Waals surface area contributed by atoms with Crippen molar-refractivity contribution >= 4 is 0 Å². The van der Waals surface area contributed by atoms with Gasteiger partial charge in [-0.2, -0.15) is 0 Å². The quantitative estimate of drug-likeness (QED) is 0.485. The fourth-order valence-electron chi connectivity index (χ4n) is 3.62. The Bertz CT molecular complexity index is 193. The molecule has 11 heavy (non-hydrogen) atoms. The van der Waals surface area contributed by atoms with Gasteiger partial charge in [0.1, 0.15) is 0 Å². The van der Waals surface area contributed by atoms with E-state index in [0.717, 1.165) is 18.4 Å². The van der Waals surface area contributed by atoms with Crippen molar-refractivity contribution in [3.63, 3.8) is 0 Å². The zero-order chi connectivity index (χ0) is 7.69. The van der Waals surface area contributed by atoms with Crippen LogP contribution in [0.25, 0.3) is 0 Å². The minimum Gasteiger partial charge on any atom is -0.369 e. The van der Waals surface area contributed by atoms with Gasteiger partial charge in [0.2, 0.25) is 0 Å². The first-order valence-corrected chi connectivity index (χ1v) is 4.81. The lowest BCUT2D eigenvalue weighted by molar-refractivity contribution is 0.0736. The number of fused-ring (bicyclic) bond motifs is 3. The first-order valence-electron chi connectivity index (χ1n) is 4.81. The first kappa shape index (κ1) is 6.47. The maximum absolute atomic E-state index is 5.71. The number of hydrogen-bond acceptors (Lipinski definition) is 1. The monoisotopic (exact) mass is 152 g/mol. The van der Waals surface area contributed by atoms with E-state index in [-0.39, 0.29) is 0 Å². The van der Waals surface area contributed by atoms with Crippen molar-refractivity contribution in [3.8, 4) is 0 Å². The van der Waals surface area contributed by atoms with Gasteiger partial charge in [-0.25, -0.2) is 0 Å². The molecule has 3 rings (SSSR count). The van der Waals surface area contributed by atoms with E-state index in [0.29, 0.717) is 11.0 Å². The van der Waals surface area contributed by atoms with Crippen LogP contribution in [0.1, 0.15) is 33.1 Å². The van der Waals surface area contributed by atoms with E-state index in [1.807, 2.05) is 0 Å². The molecule has 0 amide bonds. The minimum atomic E-state index is 0.357. The summed E-state index contributed by atoms with van der Waals surface area (Å²) >= 11 is 0. The largest absolute Gasteiger partial charge is 0.369 e. The van der Waals surface area contributed by atoms with Gasteiger partial charge in [-0.05, 0) is 36.5 Å². The van der Waals surface area contributed by atoms with E-state index in [1.165, 1.54) is 19.3 Å². The molecule has 3 aliphatic rings. The highest BCUT2D eigenvalue weighted by Crippen LogP contribution is 2.67. The Morgan fingerprint density at radius 1 is 1.18 bits per heavy atom. The normalized spacial score (nSPS) is 57.3. The highest BCUT2D eigenvalue weighted by atomic mass is 16.6. The molecule has 2 bridgehead atoms. The van der Waals surface area contributed by atoms with Crippen LogP contribution >= 0.6 is 0 Å². The minimum absolute atomic E-state index is 0.357. The van der Waals surface area contributed by atoms with Gasteiger partial charge in [0.15, 0.2) is 0 Å². The molecule has 2 aliphatic carbocycles. The van der Waals surface area contributed by atoms with Gasteiger partial charge >= 0.3 is 0 Å². The molecule has 0 aromatic rings. The van der Waals surface area contributed by atoms with Crippen molar-refractivity contribution in [2.24, 2.45) is 17.3 Å². The lowest BCUT2D eigenvalue weighted by Gasteiger charge is -2.35. The molecule has 0 aromatic heterocycles. The van der Waals surface area contributed by atoms with E-state index in [2.05, 4.69) is 13.8 Å². The molecule has 1 nitrogen and oxygen atoms in total. The van der Waals surface area contributed by atoms with Crippen LogP contribution in [-0.2, 0) is 4.74 Å². The first-order chi connectivity index (χ1) is 5.17. The van der Waals surface area contributed by atoms with Gasteiger partial charge in [0.25, 0.3) is 0 Å². The third-order valence-electron chi connectivity index (χ3n) is 4.66. The average molecular weight is 152 g/mol. The maximum Gasteiger partial charge on any atom is 0.0997 e. The molecule has 2 saturated carbocycles. The highest BCUT2D eigenvalue weighted by Gasteiger charge is 2.70. The lowest BCUT2D eigenvalue weighted by atomic mass is 9.69. The van der Waals surface area contributed by atoms with Crippen molar-refractivity contribution in [2.75, 3.05) is 6.61 Å². The van der Waals surface area contributed by atoms with Gasteiger partial charge in [-0.1, -0.05) is 13.8 Å². The standard InChI is InChI=1S/C10H16O/c1-9(2)7-3-4-8(5-7)10(9)6-11-10/h7-8H,3-6H2,1-2H3/t7-,8+,10-/m1/s1. The van der Waals surface area contributed by atoms with Gasteiger partial charge < -0.3 is 4.74 Å². The molecule has 0 radical (unpaired) electrons. The second-order valence-corrected chi connectivity index (χ2v) is 5.11. The number of epoxide rings is 1. The number of hydrogen-bond donors (Lipinski definition) is 0. The fourth-order valence-corrected chi connectivity index (χ4v) is 3.62. The zero-order valence-corrected chi connectivity index (χ0v) is 7.39. The van der Waals surface area contributed by atoms with Crippen LogP contribution in [-0.4, -0.2) is 12.2 Å². The van der Waals surface area contributed by atoms with Crippen LogP contribution in [0, 0.1) is 17.3 Å². The summed E-state index contributed by atoms with van der Waals surface area (Å²) in [4.78, 5) is 0. The van der Waals surface area contributed by atoms with Crippen molar-refractivity contribution < 1.29 is 4.74 Å². The Hall–Kier alpha value is -0.0400. The Morgan fingerprint density at radius 2 is 1.82 bits per heavy atom. The van der Waals surface area contributed by atoms with Gasteiger partial charge in [0.05, 0.1) is 12.2 Å². The zero-order valence-electron chi connectivity index (χ0n) is 7.39. The Labute approximate surface area is 68.1 Å². The lowest BCUT2D eigenvalue weighted by Crippen LogP contribution is -2.38. The SMILES string of the molecule is CC1(C)[C@@H]2CC[C@@H](C2)[C@]12CO2. The Kier molecular flexibility index (Phi) is 0.893. The van der Waals surface area contributed by atoms with Gasteiger partial charge in [0, 0.05) is 0 Å². The van der Waals surface area contributed by atoms with E-state index < -0.39 is 0 Å². The third kappa shape index (κ3) is 0.516. The summed E-state index contributed by atoms with van der Waals surface area (Å²) in [6.07, 6.45) is 4.35. The molecule has 3 atom stereocenters. The molecule has 1 aliphatic heterocycles. The molecular formula is C10H16O. The topological polar surface area (TPSA) is 12.5 Å². The summed E-state index contributed by atoms with van der Waals surface area (Å²) in [5.41, 5.74) is 0.853. The summed E-state index contributed by atoms with van der Waals surface area (Å²) in [6, 6.07) is 0. The molecule has 1 saturated heterocycles. The van der Waals surface area contributed by atoms with Crippen LogP contribution in [0.4, 0.5) is 0 Å². The summed E-state index contributed by atoms with van der Waals surface area (Å²) in [5, 5.41) is 0. The predicted octanol–water partition coefficient (Wildman–Crippen LogP) is 2.21. The smallest absolute Gasteiger partial charge is 0.0997 e. The molecule has 1 heterocycles. The second-order valence-electron chi connectivity index (χ2n) is 5.11. The molecular weight excluding hydrogens is 136 g/mol. The molecule has 1 spiro atoms. The average Bonchev–Trinajstić information content (AvgIpc) is 2.55. The van der Waals surface area contributed by atoms with Crippen molar-refractivity contribution in [2.45, 2.75) is 38.7 Å². The maximum atomic E-state index is 5.71. The third-order valence-corrected chi connectivity index (χ3v) is 4.66. The Morgan fingerprint density at radius 3 is 2.18 bits per heavy atom. The van der Waals surface area contributed by atoms with E-state index >= 15 is 0 Å². The summed E-state index contributed by atoms with van der Waals surface area (Å²) in [6.45, 7) is 5.87.